The molecular formula is C23H25NO6S. The number of methoxy groups -OCH3 is 2. The third kappa shape index (κ3) is 5.52. The summed E-state index contributed by atoms with van der Waals surface area (Å²) in [4.78, 5) is 26.6. The molecule has 2 aromatic carbocycles. The molecule has 0 atom stereocenters. The molecule has 0 unspecified atom stereocenters. The van der Waals surface area contributed by atoms with Crippen LogP contribution in [0, 0.1) is 0 Å². The van der Waals surface area contributed by atoms with Crippen molar-refractivity contribution in [3.05, 3.63) is 52.9 Å². The number of carbonyl (C=O) groups excluding carboxylic acids is 2. The minimum Gasteiger partial charge on any atom is -0.493 e. The zero-order valence-electron chi connectivity index (χ0n) is 17.8. The van der Waals surface area contributed by atoms with E-state index in [4.69, 9.17) is 18.9 Å². The first kappa shape index (κ1) is 22.6. The molecule has 0 N–H and O–H groups in total. The van der Waals surface area contributed by atoms with E-state index in [2.05, 4.69) is 0 Å². The Hall–Kier alpha value is -3.13. The number of hydrogen-bond donors (Lipinski definition) is 0. The van der Waals surface area contributed by atoms with Crippen LogP contribution in [0.15, 0.2) is 47.4 Å². The molecule has 1 heterocycles. The number of hydrogen-bond acceptors (Lipinski definition) is 7. The van der Waals surface area contributed by atoms with Crippen LogP contribution < -0.4 is 18.9 Å². The molecule has 3 rings (SSSR count). The third-order valence-electron chi connectivity index (χ3n) is 4.46. The fourth-order valence-corrected chi connectivity index (χ4v) is 3.80. The van der Waals surface area contributed by atoms with Gasteiger partial charge in [0.05, 0.1) is 32.3 Å². The lowest BCUT2D eigenvalue weighted by Crippen LogP contribution is -2.32. The van der Waals surface area contributed by atoms with Gasteiger partial charge in [0.1, 0.15) is 6.61 Å². The summed E-state index contributed by atoms with van der Waals surface area (Å²) < 4.78 is 22.0. The van der Waals surface area contributed by atoms with Crippen molar-refractivity contribution in [3.8, 4) is 23.0 Å². The van der Waals surface area contributed by atoms with Crippen LogP contribution in [0.2, 0.25) is 0 Å². The van der Waals surface area contributed by atoms with Gasteiger partial charge in [-0.2, -0.15) is 0 Å². The second-order valence-electron chi connectivity index (χ2n) is 6.59. The topological polar surface area (TPSA) is 74.3 Å². The molecule has 1 fully saturated rings. The highest BCUT2D eigenvalue weighted by Gasteiger charge is 2.34. The van der Waals surface area contributed by atoms with E-state index in [1.54, 1.807) is 44.6 Å². The molecule has 1 saturated heterocycles. The quantitative estimate of drug-likeness (QED) is 0.497. The van der Waals surface area contributed by atoms with E-state index in [0.717, 1.165) is 23.7 Å². The standard InChI is InChI=1S/C23H25NO6S/c1-4-12-29-19-10-9-16(14-20(19)28-3)15-21-22(25)24(23(26)31-21)11-13-30-18-8-6-5-7-17(18)27-2/h5-10,14-15H,4,11-13H2,1-3H3/b21-15-. The molecule has 1 aliphatic heterocycles. The molecule has 0 bridgehead atoms. The monoisotopic (exact) mass is 443 g/mol. The van der Waals surface area contributed by atoms with Gasteiger partial charge in [0.2, 0.25) is 0 Å². The van der Waals surface area contributed by atoms with Crippen LogP contribution in [0.3, 0.4) is 0 Å². The number of benzene rings is 2. The van der Waals surface area contributed by atoms with Crippen molar-refractivity contribution in [2.45, 2.75) is 13.3 Å². The second kappa shape index (κ2) is 10.8. The van der Waals surface area contributed by atoms with Crippen LogP contribution in [0.5, 0.6) is 23.0 Å². The maximum atomic E-state index is 12.7. The molecule has 164 valence electrons. The highest BCUT2D eigenvalue weighted by Crippen LogP contribution is 2.34. The Morgan fingerprint density at radius 1 is 0.903 bits per heavy atom. The van der Waals surface area contributed by atoms with Gasteiger partial charge in [-0.05, 0) is 54.1 Å². The summed E-state index contributed by atoms with van der Waals surface area (Å²) >= 11 is 0.908. The van der Waals surface area contributed by atoms with Crippen molar-refractivity contribution in [3.63, 3.8) is 0 Å². The van der Waals surface area contributed by atoms with Crippen LogP contribution in [-0.2, 0) is 4.79 Å². The van der Waals surface area contributed by atoms with E-state index in [-0.39, 0.29) is 24.3 Å². The highest BCUT2D eigenvalue weighted by atomic mass is 32.2. The summed E-state index contributed by atoms with van der Waals surface area (Å²) in [6, 6.07) is 12.6. The van der Waals surface area contributed by atoms with Gasteiger partial charge in [-0.25, -0.2) is 0 Å². The van der Waals surface area contributed by atoms with Gasteiger partial charge in [-0.15, -0.1) is 0 Å². The summed E-state index contributed by atoms with van der Waals surface area (Å²) in [5.41, 5.74) is 0.747. The minimum absolute atomic E-state index is 0.146. The minimum atomic E-state index is -0.344. The van der Waals surface area contributed by atoms with Crippen molar-refractivity contribution < 1.29 is 28.5 Å². The van der Waals surface area contributed by atoms with Gasteiger partial charge in [-0.3, -0.25) is 14.5 Å². The van der Waals surface area contributed by atoms with E-state index in [9.17, 15) is 9.59 Å². The number of carbonyl (C=O) groups is 2. The van der Waals surface area contributed by atoms with Crippen molar-refractivity contribution in [1.29, 1.82) is 0 Å². The molecular weight excluding hydrogens is 418 g/mol. The van der Waals surface area contributed by atoms with Crippen molar-refractivity contribution >= 4 is 29.0 Å². The smallest absolute Gasteiger partial charge is 0.293 e. The lowest BCUT2D eigenvalue weighted by Gasteiger charge is -2.14. The van der Waals surface area contributed by atoms with Crippen LogP contribution in [0.25, 0.3) is 6.08 Å². The number of nitrogens with zero attached hydrogens (tertiary/aromatic N) is 1. The maximum Gasteiger partial charge on any atom is 0.293 e. The van der Waals surface area contributed by atoms with Gasteiger partial charge in [0.25, 0.3) is 11.1 Å². The summed E-state index contributed by atoms with van der Waals surface area (Å²) in [7, 11) is 3.12. The normalized spacial score (nSPS) is 14.8. The van der Waals surface area contributed by atoms with E-state index < -0.39 is 0 Å². The van der Waals surface area contributed by atoms with Gasteiger partial charge < -0.3 is 18.9 Å². The van der Waals surface area contributed by atoms with Gasteiger partial charge in [-0.1, -0.05) is 25.1 Å². The fraction of sp³-hybridized carbons (Fsp3) is 0.304. The zero-order chi connectivity index (χ0) is 22.2. The van der Waals surface area contributed by atoms with Crippen molar-refractivity contribution in [2.24, 2.45) is 0 Å². The Bertz CT molecular complexity index is 974. The Morgan fingerprint density at radius 3 is 2.29 bits per heavy atom. The molecule has 7 nitrogen and oxygen atoms in total. The first-order valence-electron chi connectivity index (χ1n) is 9.89. The number of para-hydroxylation sites is 2. The highest BCUT2D eigenvalue weighted by molar-refractivity contribution is 8.18. The molecule has 0 spiro atoms. The third-order valence-corrected chi connectivity index (χ3v) is 5.37. The van der Waals surface area contributed by atoms with Crippen LogP contribution in [0.1, 0.15) is 18.9 Å². The van der Waals surface area contributed by atoms with E-state index in [1.807, 2.05) is 25.1 Å². The molecule has 8 heteroatoms. The molecule has 31 heavy (non-hydrogen) atoms. The summed E-state index contributed by atoms with van der Waals surface area (Å²) in [6.07, 6.45) is 2.57. The number of thioether (sulfide) groups is 1. The second-order valence-corrected chi connectivity index (χ2v) is 7.58. The van der Waals surface area contributed by atoms with E-state index in [1.165, 1.54) is 4.90 Å². The molecule has 1 aliphatic rings. The summed E-state index contributed by atoms with van der Waals surface area (Å²) in [5.74, 6) is 2.03. The number of ether oxygens (including phenoxy) is 4. The average molecular weight is 444 g/mol. The maximum absolute atomic E-state index is 12.7. The van der Waals surface area contributed by atoms with Crippen molar-refractivity contribution in [2.75, 3.05) is 34.0 Å². The first-order chi connectivity index (χ1) is 15.1. The summed E-state index contributed by atoms with van der Waals surface area (Å²) in [5, 5.41) is -0.324. The van der Waals surface area contributed by atoms with E-state index in [0.29, 0.717) is 34.5 Å². The molecule has 0 aromatic heterocycles. The predicted octanol–water partition coefficient (Wildman–Crippen LogP) is 4.61. The zero-order valence-corrected chi connectivity index (χ0v) is 18.6. The summed E-state index contributed by atoms with van der Waals surface area (Å²) in [6.45, 7) is 2.93. The molecule has 2 aromatic rings. The molecule has 0 saturated carbocycles. The largest absolute Gasteiger partial charge is 0.493 e. The van der Waals surface area contributed by atoms with Gasteiger partial charge >= 0.3 is 0 Å². The predicted molar refractivity (Wildman–Crippen MR) is 120 cm³/mol. The van der Waals surface area contributed by atoms with E-state index >= 15 is 0 Å². The Morgan fingerprint density at radius 2 is 1.58 bits per heavy atom. The van der Waals surface area contributed by atoms with Gasteiger partial charge in [0, 0.05) is 0 Å². The Labute approximate surface area is 185 Å². The van der Waals surface area contributed by atoms with Crippen LogP contribution in [0.4, 0.5) is 4.79 Å². The number of amides is 2. The molecule has 0 radical (unpaired) electrons. The first-order valence-corrected chi connectivity index (χ1v) is 10.7. The SMILES string of the molecule is CCCOc1ccc(/C=C2\SC(=O)N(CCOc3ccccc3OC)C2=O)cc1OC. The van der Waals surface area contributed by atoms with Crippen molar-refractivity contribution in [1.82, 2.24) is 4.90 Å². The molecule has 0 aliphatic carbocycles. The van der Waals surface area contributed by atoms with Crippen LogP contribution >= 0.6 is 11.8 Å². The lowest BCUT2D eigenvalue weighted by molar-refractivity contribution is -0.123. The fourth-order valence-electron chi connectivity index (χ4n) is 2.93. The average Bonchev–Trinajstić information content (AvgIpc) is 3.05. The number of rotatable bonds is 10. The van der Waals surface area contributed by atoms with Crippen LogP contribution in [-0.4, -0.2) is 50.0 Å². The number of imide groups is 1. The Balaban J connectivity index is 1.66. The lowest BCUT2D eigenvalue weighted by atomic mass is 10.2. The Kier molecular flexibility index (Phi) is 7.83. The molecule has 2 amide bonds. The van der Waals surface area contributed by atoms with Gasteiger partial charge in [0.15, 0.2) is 23.0 Å².